The molecule has 1 amide bonds. The lowest BCUT2D eigenvalue weighted by atomic mass is 9.78. The average molecular weight is 377 g/mol. The fraction of sp³-hybridized carbons (Fsp3) is 0.600. The smallest absolute Gasteiger partial charge is 0.228 e. The van der Waals surface area contributed by atoms with Crippen molar-refractivity contribution in [2.24, 2.45) is 11.3 Å². The standard InChI is InChI=1S/C20H25ClN2O3/c1-20(5-3-2-4-6-20)19(24)23-11-14-7-17(26-18(14)12-23)13-25-16-8-15(21)9-22-10-16/h2-3,8-10,14,17-18H,4-7,11-13H2,1H3/t14-,17-,18+,20?/m0/s1. The minimum absolute atomic E-state index is 0.0643. The van der Waals surface area contributed by atoms with Crippen molar-refractivity contribution < 1.29 is 14.3 Å². The number of fused-ring (bicyclic) bond motifs is 1. The molecular weight excluding hydrogens is 352 g/mol. The number of amides is 1. The first-order chi connectivity index (χ1) is 12.5. The summed E-state index contributed by atoms with van der Waals surface area (Å²) in [5.41, 5.74) is -0.241. The fourth-order valence-electron chi connectivity index (χ4n) is 4.34. The highest BCUT2D eigenvalue weighted by atomic mass is 35.5. The monoisotopic (exact) mass is 376 g/mol. The topological polar surface area (TPSA) is 51.7 Å². The Morgan fingerprint density at radius 1 is 1.42 bits per heavy atom. The highest BCUT2D eigenvalue weighted by Gasteiger charge is 2.46. The molecule has 2 fully saturated rings. The van der Waals surface area contributed by atoms with Gasteiger partial charge in [-0.3, -0.25) is 9.78 Å². The van der Waals surface area contributed by atoms with E-state index in [1.54, 1.807) is 18.5 Å². The molecule has 2 saturated heterocycles. The second-order valence-electron chi connectivity index (χ2n) is 7.93. The molecule has 1 aromatic rings. The summed E-state index contributed by atoms with van der Waals surface area (Å²) in [4.78, 5) is 19.0. The molecule has 140 valence electrons. The van der Waals surface area contributed by atoms with Crippen LogP contribution in [0.3, 0.4) is 0 Å². The van der Waals surface area contributed by atoms with Gasteiger partial charge in [0.05, 0.1) is 28.8 Å². The van der Waals surface area contributed by atoms with Crippen LogP contribution in [0.5, 0.6) is 5.75 Å². The normalized spacial score (nSPS) is 33.3. The Kier molecular flexibility index (Phi) is 4.93. The van der Waals surface area contributed by atoms with Crippen LogP contribution < -0.4 is 4.74 Å². The number of rotatable bonds is 4. The Hall–Kier alpha value is -1.59. The van der Waals surface area contributed by atoms with Gasteiger partial charge in [-0.15, -0.1) is 0 Å². The van der Waals surface area contributed by atoms with E-state index in [2.05, 4.69) is 24.1 Å². The Morgan fingerprint density at radius 3 is 3.04 bits per heavy atom. The maximum atomic E-state index is 13.0. The number of hydrogen-bond donors (Lipinski definition) is 0. The van der Waals surface area contributed by atoms with Gasteiger partial charge in [-0.2, -0.15) is 0 Å². The molecule has 6 heteroatoms. The van der Waals surface area contributed by atoms with Crippen molar-refractivity contribution in [3.8, 4) is 5.75 Å². The lowest BCUT2D eigenvalue weighted by Gasteiger charge is -2.34. The number of likely N-dealkylation sites (tertiary alicyclic amines) is 1. The van der Waals surface area contributed by atoms with Gasteiger partial charge in [-0.05, 0) is 25.7 Å². The van der Waals surface area contributed by atoms with E-state index in [0.717, 1.165) is 32.2 Å². The third kappa shape index (κ3) is 3.60. The van der Waals surface area contributed by atoms with Gasteiger partial charge >= 0.3 is 0 Å². The predicted octanol–water partition coefficient (Wildman–Crippen LogP) is 3.48. The Labute approximate surface area is 159 Å². The van der Waals surface area contributed by atoms with Crippen LogP contribution >= 0.6 is 11.6 Å². The largest absolute Gasteiger partial charge is 0.489 e. The molecule has 0 bridgehead atoms. The highest BCUT2D eigenvalue weighted by Crippen LogP contribution is 2.39. The zero-order chi connectivity index (χ0) is 18.1. The predicted molar refractivity (Wildman–Crippen MR) is 99.2 cm³/mol. The highest BCUT2D eigenvalue weighted by molar-refractivity contribution is 6.30. The van der Waals surface area contributed by atoms with Crippen LogP contribution in [0, 0.1) is 11.3 Å². The van der Waals surface area contributed by atoms with Crippen LogP contribution in [0.2, 0.25) is 5.02 Å². The molecule has 3 heterocycles. The molecule has 1 aliphatic carbocycles. The summed E-state index contributed by atoms with van der Waals surface area (Å²) in [6, 6.07) is 1.75. The molecule has 0 radical (unpaired) electrons. The summed E-state index contributed by atoms with van der Waals surface area (Å²) in [6.45, 7) is 4.10. The van der Waals surface area contributed by atoms with Gasteiger partial charge in [0.25, 0.3) is 0 Å². The zero-order valence-corrected chi connectivity index (χ0v) is 15.8. The van der Waals surface area contributed by atoms with Crippen molar-refractivity contribution in [1.82, 2.24) is 9.88 Å². The van der Waals surface area contributed by atoms with Gasteiger partial charge in [-0.1, -0.05) is 30.7 Å². The summed E-state index contributed by atoms with van der Waals surface area (Å²) in [5.74, 6) is 1.36. The first-order valence-corrected chi connectivity index (χ1v) is 9.74. The Morgan fingerprint density at radius 2 is 2.31 bits per heavy atom. The number of nitrogens with zero attached hydrogens (tertiary/aromatic N) is 2. The summed E-state index contributed by atoms with van der Waals surface area (Å²) >= 11 is 5.92. The molecule has 0 N–H and O–H groups in total. The van der Waals surface area contributed by atoms with Crippen molar-refractivity contribution in [3.63, 3.8) is 0 Å². The van der Waals surface area contributed by atoms with E-state index in [0.29, 0.717) is 29.8 Å². The summed E-state index contributed by atoms with van der Waals surface area (Å²) < 4.78 is 11.9. The first kappa shape index (κ1) is 17.8. The molecule has 0 spiro atoms. The van der Waals surface area contributed by atoms with Crippen LogP contribution in [0.25, 0.3) is 0 Å². The first-order valence-electron chi connectivity index (χ1n) is 9.37. The minimum Gasteiger partial charge on any atom is -0.489 e. The number of allylic oxidation sites excluding steroid dienone is 2. The van der Waals surface area contributed by atoms with Crippen molar-refractivity contribution in [2.75, 3.05) is 19.7 Å². The number of aromatic nitrogens is 1. The van der Waals surface area contributed by atoms with Crippen molar-refractivity contribution in [3.05, 3.63) is 35.6 Å². The van der Waals surface area contributed by atoms with E-state index in [4.69, 9.17) is 21.1 Å². The third-order valence-corrected chi connectivity index (χ3v) is 6.04. The second-order valence-corrected chi connectivity index (χ2v) is 8.36. The maximum Gasteiger partial charge on any atom is 0.228 e. The molecule has 4 rings (SSSR count). The SMILES string of the molecule is CC1(C(=O)N2C[C@@H]3C[C@@H](COc4cncc(Cl)c4)O[C@@H]3C2)CC=CCC1. The molecule has 1 aromatic heterocycles. The average Bonchev–Trinajstić information content (AvgIpc) is 3.18. The van der Waals surface area contributed by atoms with Gasteiger partial charge < -0.3 is 14.4 Å². The lowest BCUT2D eigenvalue weighted by molar-refractivity contribution is -0.141. The van der Waals surface area contributed by atoms with E-state index in [1.807, 2.05) is 4.90 Å². The summed E-state index contributed by atoms with van der Waals surface area (Å²) in [5, 5.41) is 0.562. The number of hydrogen-bond acceptors (Lipinski definition) is 4. The van der Waals surface area contributed by atoms with E-state index >= 15 is 0 Å². The molecule has 4 atom stereocenters. The van der Waals surface area contributed by atoms with Gasteiger partial charge in [0, 0.05) is 31.3 Å². The number of halogens is 1. The van der Waals surface area contributed by atoms with Gasteiger partial charge in [0.2, 0.25) is 5.91 Å². The molecule has 26 heavy (non-hydrogen) atoms. The van der Waals surface area contributed by atoms with Crippen LogP contribution in [0.15, 0.2) is 30.6 Å². The van der Waals surface area contributed by atoms with Crippen LogP contribution in [0.1, 0.15) is 32.6 Å². The van der Waals surface area contributed by atoms with Crippen molar-refractivity contribution in [2.45, 2.75) is 44.8 Å². The zero-order valence-electron chi connectivity index (χ0n) is 15.1. The number of carbonyl (C=O) groups excluding carboxylic acids is 1. The van der Waals surface area contributed by atoms with Crippen molar-refractivity contribution >= 4 is 17.5 Å². The molecule has 0 saturated carbocycles. The number of carbonyl (C=O) groups is 1. The Bertz CT molecular complexity index is 696. The van der Waals surface area contributed by atoms with E-state index in [9.17, 15) is 4.79 Å². The minimum atomic E-state index is -0.241. The van der Waals surface area contributed by atoms with E-state index in [-0.39, 0.29) is 23.5 Å². The molecule has 3 aliphatic rings. The third-order valence-electron chi connectivity index (χ3n) is 5.83. The second kappa shape index (κ2) is 7.20. The van der Waals surface area contributed by atoms with Gasteiger partial charge in [0.15, 0.2) is 0 Å². The molecular formula is C20H25ClN2O3. The molecule has 0 aromatic carbocycles. The molecule has 2 aliphatic heterocycles. The summed E-state index contributed by atoms with van der Waals surface area (Å²) in [6.07, 6.45) is 11.5. The van der Waals surface area contributed by atoms with Crippen LogP contribution in [-0.2, 0) is 9.53 Å². The number of ether oxygens (including phenoxy) is 2. The quantitative estimate of drug-likeness (QED) is 0.755. The Balaban J connectivity index is 1.29. The molecule has 5 nitrogen and oxygen atoms in total. The lowest BCUT2D eigenvalue weighted by Crippen LogP contribution is -2.42. The van der Waals surface area contributed by atoms with E-state index < -0.39 is 0 Å². The fourth-order valence-corrected chi connectivity index (χ4v) is 4.50. The maximum absolute atomic E-state index is 13.0. The molecule has 1 unspecified atom stereocenters. The van der Waals surface area contributed by atoms with Gasteiger partial charge in [0.1, 0.15) is 12.4 Å². The number of pyridine rings is 1. The van der Waals surface area contributed by atoms with Crippen molar-refractivity contribution in [1.29, 1.82) is 0 Å². The van der Waals surface area contributed by atoms with E-state index in [1.165, 1.54) is 0 Å². The van der Waals surface area contributed by atoms with Gasteiger partial charge in [-0.25, -0.2) is 0 Å². The van der Waals surface area contributed by atoms with Crippen LogP contribution in [0.4, 0.5) is 0 Å². The van der Waals surface area contributed by atoms with Crippen LogP contribution in [-0.4, -0.2) is 47.7 Å². The summed E-state index contributed by atoms with van der Waals surface area (Å²) in [7, 11) is 0.